The Labute approximate surface area is 107 Å². The Morgan fingerprint density at radius 2 is 1.50 bits per heavy atom. The van der Waals surface area contributed by atoms with Gasteiger partial charge in [0.25, 0.3) is 0 Å². The summed E-state index contributed by atoms with van der Waals surface area (Å²) in [6.07, 6.45) is 9.63. The van der Waals surface area contributed by atoms with Gasteiger partial charge in [0, 0.05) is 0 Å². The van der Waals surface area contributed by atoms with E-state index in [1.165, 1.54) is 55.0 Å². The van der Waals surface area contributed by atoms with Crippen LogP contribution in [0.1, 0.15) is 51.0 Å². The first-order valence-corrected chi connectivity index (χ1v) is 9.06. The predicted molar refractivity (Wildman–Crippen MR) is 74.8 cm³/mol. The molecule has 0 saturated heterocycles. The van der Waals surface area contributed by atoms with Gasteiger partial charge in [-0.1, -0.05) is 0 Å². The third kappa shape index (κ3) is 5.72. The molecule has 1 aromatic carbocycles. The van der Waals surface area contributed by atoms with Crippen molar-refractivity contribution in [3.05, 3.63) is 29.8 Å². The topological polar surface area (TPSA) is 0 Å². The molecular weight excluding hydrogens is 259 g/mol. The summed E-state index contributed by atoms with van der Waals surface area (Å²) >= 11 is 0.651. The monoisotopic (exact) mass is 284 g/mol. The summed E-state index contributed by atoms with van der Waals surface area (Å²) in [5.74, 6) is 2.27. The van der Waals surface area contributed by atoms with E-state index in [0.717, 1.165) is 0 Å². The van der Waals surface area contributed by atoms with E-state index in [1.807, 2.05) is 0 Å². The van der Waals surface area contributed by atoms with Gasteiger partial charge in [-0.15, -0.1) is 0 Å². The van der Waals surface area contributed by atoms with E-state index in [1.54, 1.807) is 0 Å². The molecule has 0 nitrogen and oxygen atoms in total. The number of aryl methyl sites for hydroxylation is 1. The van der Waals surface area contributed by atoms with Crippen molar-refractivity contribution in [1.29, 1.82) is 0 Å². The summed E-state index contributed by atoms with van der Waals surface area (Å²) < 4.78 is 1.51. The molecule has 1 aromatic rings. The minimum absolute atomic E-state index is 0.651. The molecule has 1 rings (SSSR count). The van der Waals surface area contributed by atoms with Crippen molar-refractivity contribution in [1.82, 2.24) is 0 Å². The fourth-order valence-electron chi connectivity index (χ4n) is 1.90. The fraction of sp³-hybridized carbons (Fsp3) is 0.600. The van der Waals surface area contributed by atoms with Gasteiger partial charge in [-0.25, -0.2) is 0 Å². The zero-order chi connectivity index (χ0) is 11.6. The van der Waals surface area contributed by atoms with Crippen LogP contribution in [0.2, 0.25) is 5.82 Å². The fourth-order valence-corrected chi connectivity index (χ4v) is 2.76. The second-order valence-electron chi connectivity index (χ2n) is 4.37. The van der Waals surface area contributed by atoms with Gasteiger partial charge >= 0.3 is 107 Å². The average molecular weight is 283 g/mol. The summed E-state index contributed by atoms with van der Waals surface area (Å²) in [5.41, 5.74) is 1.52. The van der Waals surface area contributed by atoms with E-state index in [-0.39, 0.29) is 0 Å². The van der Waals surface area contributed by atoms with Crippen molar-refractivity contribution >= 4 is 19.4 Å². The molecule has 0 aliphatic carbocycles. The van der Waals surface area contributed by atoms with Crippen LogP contribution >= 0.6 is 0 Å². The predicted octanol–water partition coefficient (Wildman–Crippen LogP) is 3.97. The molecule has 16 heavy (non-hydrogen) atoms. The molecule has 0 amide bonds. The van der Waals surface area contributed by atoms with Crippen molar-refractivity contribution in [2.24, 2.45) is 0 Å². The molecule has 0 aliphatic heterocycles. The van der Waals surface area contributed by atoms with E-state index in [2.05, 4.69) is 37.0 Å². The van der Waals surface area contributed by atoms with E-state index < -0.39 is 0 Å². The van der Waals surface area contributed by atoms with E-state index in [0.29, 0.717) is 15.0 Å². The van der Waals surface area contributed by atoms with E-state index in [4.69, 9.17) is 0 Å². The molecule has 0 atom stereocenters. The Morgan fingerprint density at radius 1 is 0.875 bits per heavy atom. The van der Waals surface area contributed by atoms with Crippen LogP contribution in [-0.2, 0) is 6.42 Å². The summed E-state index contributed by atoms with van der Waals surface area (Å²) in [4.78, 5) is 0. The normalized spacial score (nSPS) is 10.6. The number of hydrogen-bond acceptors (Lipinski definition) is 0. The van der Waals surface area contributed by atoms with Gasteiger partial charge in [-0.05, 0) is 0 Å². The quantitative estimate of drug-likeness (QED) is 0.500. The zero-order valence-electron chi connectivity index (χ0n) is 10.7. The van der Waals surface area contributed by atoms with E-state index in [9.17, 15) is 0 Å². The van der Waals surface area contributed by atoms with Crippen molar-refractivity contribution in [3.8, 4) is 0 Å². The van der Waals surface area contributed by atoms with Gasteiger partial charge in [0.1, 0.15) is 0 Å². The Hall–Kier alpha value is -0.261. The van der Waals surface area contributed by atoms with Crippen LogP contribution in [0, 0.1) is 0 Å². The molecule has 1 heteroatoms. The summed E-state index contributed by atoms with van der Waals surface area (Å²) in [6, 6.07) is 9.22. The van der Waals surface area contributed by atoms with E-state index >= 15 is 0 Å². The maximum atomic E-state index is 2.31. The standard InChI is InChI=1S/C15H24Se/c1-3-4-5-6-7-8-9-14-10-12-15(16-2)13-11-14/h10-13H,3-9H2,1-2H3. The van der Waals surface area contributed by atoms with Gasteiger partial charge in [-0.2, -0.15) is 0 Å². The van der Waals surface area contributed by atoms with Crippen LogP contribution in [0.5, 0.6) is 0 Å². The first-order valence-electron chi connectivity index (χ1n) is 6.49. The number of rotatable bonds is 8. The molecule has 0 saturated carbocycles. The summed E-state index contributed by atoms with van der Waals surface area (Å²) in [7, 11) is 0. The van der Waals surface area contributed by atoms with Gasteiger partial charge in [-0.3, -0.25) is 0 Å². The second kappa shape index (κ2) is 8.84. The first-order chi connectivity index (χ1) is 7.86. The van der Waals surface area contributed by atoms with Crippen LogP contribution in [-0.4, -0.2) is 15.0 Å². The molecule has 0 unspecified atom stereocenters. The SMILES string of the molecule is CCCCCCCCc1ccc([Se]C)cc1. The third-order valence-corrected chi connectivity index (χ3v) is 4.54. The molecule has 0 aromatic heterocycles. The van der Waals surface area contributed by atoms with Crippen LogP contribution in [0.4, 0.5) is 0 Å². The van der Waals surface area contributed by atoms with Gasteiger partial charge in [0.05, 0.1) is 0 Å². The minimum atomic E-state index is 0.651. The van der Waals surface area contributed by atoms with Crippen LogP contribution in [0.15, 0.2) is 24.3 Å². The average Bonchev–Trinajstić information content (AvgIpc) is 2.34. The molecule has 0 fully saturated rings. The second-order valence-corrected chi connectivity index (χ2v) is 6.21. The molecule has 0 bridgehead atoms. The molecule has 0 N–H and O–H groups in total. The third-order valence-electron chi connectivity index (χ3n) is 2.98. The number of hydrogen-bond donors (Lipinski definition) is 0. The van der Waals surface area contributed by atoms with Gasteiger partial charge in [0.15, 0.2) is 0 Å². The molecule has 0 spiro atoms. The Balaban J connectivity index is 2.12. The van der Waals surface area contributed by atoms with Gasteiger partial charge < -0.3 is 0 Å². The molecule has 0 aliphatic rings. The summed E-state index contributed by atoms with van der Waals surface area (Å²) in [6.45, 7) is 2.27. The first kappa shape index (κ1) is 13.8. The Kier molecular flexibility index (Phi) is 7.63. The number of unbranched alkanes of at least 4 members (excludes halogenated alkanes) is 5. The van der Waals surface area contributed by atoms with Crippen LogP contribution in [0.3, 0.4) is 0 Å². The van der Waals surface area contributed by atoms with Crippen molar-refractivity contribution < 1.29 is 0 Å². The van der Waals surface area contributed by atoms with Gasteiger partial charge in [0.2, 0.25) is 0 Å². The Bertz CT molecular complexity index is 263. The summed E-state index contributed by atoms with van der Waals surface area (Å²) in [5, 5.41) is 0. The number of benzene rings is 1. The molecule has 0 radical (unpaired) electrons. The molecular formula is C15H24Se. The van der Waals surface area contributed by atoms with Crippen LogP contribution < -0.4 is 4.46 Å². The van der Waals surface area contributed by atoms with Crippen molar-refractivity contribution in [2.75, 3.05) is 0 Å². The molecule has 0 heterocycles. The maximum absolute atomic E-state index is 2.31. The molecule has 90 valence electrons. The van der Waals surface area contributed by atoms with Crippen LogP contribution in [0.25, 0.3) is 0 Å². The van der Waals surface area contributed by atoms with Crippen molar-refractivity contribution in [3.63, 3.8) is 0 Å². The Morgan fingerprint density at radius 3 is 2.12 bits per heavy atom. The van der Waals surface area contributed by atoms with Crippen molar-refractivity contribution in [2.45, 2.75) is 57.7 Å². The zero-order valence-corrected chi connectivity index (χ0v) is 12.4.